The van der Waals surface area contributed by atoms with Gasteiger partial charge in [0.1, 0.15) is 0 Å². The zero-order valence-electron chi connectivity index (χ0n) is 14.9. The summed E-state index contributed by atoms with van der Waals surface area (Å²) in [5.41, 5.74) is -0.103. The van der Waals surface area contributed by atoms with Crippen LogP contribution in [0, 0.1) is 5.92 Å². The Morgan fingerprint density at radius 3 is 2.39 bits per heavy atom. The minimum absolute atomic E-state index is 0.0438. The number of amides is 2. The number of benzene rings is 2. The zero-order valence-corrected chi connectivity index (χ0v) is 14.9. The zero-order chi connectivity index (χ0) is 20.1. The van der Waals surface area contributed by atoms with Crippen molar-refractivity contribution >= 4 is 23.2 Å². The number of carbonyl (C=O) groups excluding carboxylic acids is 2. The lowest BCUT2D eigenvalue weighted by molar-refractivity contribution is -0.137. The topological polar surface area (TPSA) is 58.2 Å². The van der Waals surface area contributed by atoms with Crippen LogP contribution in [0.25, 0.3) is 0 Å². The van der Waals surface area contributed by atoms with Gasteiger partial charge in [-0.15, -0.1) is 0 Å². The highest BCUT2D eigenvalue weighted by atomic mass is 19.4. The molecular formula is C21H19F3N2O2. The highest BCUT2D eigenvalue weighted by molar-refractivity contribution is 6.05. The standard InChI is InChI=1S/C21H19F3N2O2/c22-21(23,24)16-8-4-10-18(13-16)26-20(28)15-7-3-9-17(12-15)25-19(27)11-14-5-1-2-6-14/h1,3-5,7-10,12-14H,2,6,11H2,(H,25,27)(H,26,28). The van der Waals surface area contributed by atoms with Gasteiger partial charge in [-0.05, 0) is 55.2 Å². The normalized spacial score (nSPS) is 16.0. The maximum absolute atomic E-state index is 12.8. The molecule has 3 rings (SSSR count). The molecule has 1 atom stereocenters. The number of allylic oxidation sites excluding steroid dienone is 2. The van der Waals surface area contributed by atoms with E-state index in [9.17, 15) is 22.8 Å². The molecule has 0 aromatic heterocycles. The van der Waals surface area contributed by atoms with Crippen LogP contribution in [0.15, 0.2) is 60.7 Å². The summed E-state index contributed by atoms with van der Waals surface area (Å²) in [6.45, 7) is 0. The molecule has 2 amide bonds. The van der Waals surface area contributed by atoms with Gasteiger partial charge in [-0.1, -0.05) is 24.3 Å². The van der Waals surface area contributed by atoms with Crippen molar-refractivity contribution in [3.63, 3.8) is 0 Å². The minimum atomic E-state index is -4.49. The number of carbonyl (C=O) groups is 2. The lowest BCUT2D eigenvalue weighted by atomic mass is 10.0. The van der Waals surface area contributed by atoms with E-state index in [-0.39, 0.29) is 23.1 Å². The van der Waals surface area contributed by atoms with E-state index in [1.54, 1.807) is 12.1 Å². The molecule has 0 spiro atoms. The van der Waals surface area contributed by atoms with Crippen molar-refractivity contribution in [1.82, 2.24) is 0 Å². The molecular weight excluding hydrogens is 369 g/mol. The van der Waals surface area contributed by atoms with Gasteiger partial charge in [-0.3, -0.25) is 9.59 Å². The summed E-state index contributed by atoms with van der Waals surface area (Å²) in [5, 5.41) is 5.20. The molecule has 0 aliphatic heterocycles. The van der Waals surface area contributed by atoms with E-state index >= 15 is 0 Å². The largest absolute Gasteiger partial charge is 0.416 e. The van der Waals surface area contributed by atoms with E-state index in [4.69, 9.17) is 0 Å². The lowest BCUT2D eigenvalue weighted by Crippen LogP contribution is -2.16. The molecule has 2 aromatic carbocycles. The second kappa shape index (κ2) is 8.29. The van der Waals surface area contributed by atoms with E-state index in [2.05, 4.69) is 16.7 Å². The summed E-state index contributed by atoms with van der Waals surface area (Å²) in [4.78, 5) is 24.5. The maximum Gasteiger partial charge on any atom is 0.416 e. The highest BCUT2D eigenvalue weighted by Crippen LogP contribution is 2.30. The molecule has 2 N–H and O–H groups in total. The fourth-order valence-electron chi connectivity index (χ4n) is 3.03. The van der Waals surface area contributed by atoms with Crippen LogP contribution in [-0.2, 0) is 11.0 Å². The molecule has 2 aromatic rings. The molecule has 1 unspecified atom stereocenters. The molecule has 4 nitrogen and oxygen atoms in total. The van der Waals surface area contributed by atoms with Crippen molar-refractivity contribution < 1.29 is 22.8 Å². The second-order valence-electron chi connectivity index (χ2n) is 6.63. The van der Waals surface area contributed by atoms with Gasteiger partial charge < -0.3 is 10.6 Å². The summed E-state index contributed by atoms with van der Waals surface area (Å²) in [7, 11) is 0. The Morgan fingerprint density at radius 1 is 1.00 bits per heavy atom. The summed E-state index contributed by atoms with van der Waals surface area (Å²) >= 11 is 0. The van der Waals surface area contributed by atoms with Gasteiger partial charge in [0.15, 0.2) is 0 Å². The van der Waals surface area contributed by atoms with E-state index < -0.39 is 17.6 Å². The number of hydrogen-bond acceptors (Lipinski definition) is 2. The average molecular weight is 388 g/mol. The van der Waals surface area contributed by atoms with E-state index in [0.29, 0.717) is 12.1 Å². The average Bonchev–Trinajstić information content (AvgIpc) is 3.14. The van der Waals surface area contributed by atoms with Gasteiger partial charge in [0.2, 0.25) is 5.91 Å². The van der Waals surface area contributed by atoms with Crippen molar-refractivity contribution in [3.8, 4) is 0 Å². The van der Waals surface area contributed by atoms with Crippen LogP contribution in [0.4, 0.5) is 24.5 Å². The van der Waals surface area contributed by atoms with Gasteiger partial charge in [0.05, 0.1) is 5.56 Å². The molecule has 0 saturated heterocycles. The number of nitrogens with one attached hydrogen (secondary N) is 2. The quantitative estimate of drug-likeness (QED) is 0.687. The first-order chi connectivity index (χ1) is 13.3. The monoisotopic (exact) mass is 388 g/mol. The lowest BCUT2D eigenvalue weighted by Gasteiger charge is -2.11. The number of halogens is 3. The Hall–Kier alpha value is -3.09. The summed E-state index contributed by atoms with van der Waals surface area (Å²) in [5.74, 6) is -0.478. The molecule has 0 saturated carbocycles. The van der Waals surface area contributed by atoms with Crippen molar-refractivity contribution in [2.75, 3.05) is 10.6 Å². The fraction of sp³-hybridized carbons (Fsp3) is 0.238. The third-order valence-electron chi connectivity index (χ3n) is 4.42. The van der Waals surface area contributed by atoms with Crippen molar-refractivity contribution in [3.05, 3.63) is 71.8 Å². The molecule has 7 heteroatoms. The van der Waals surface area contributed by atoms with Crippen LogP contribution >= 0.6 is 0 Å². The summed E-state index contributed by atoms with van der Waals surface area (Å²) < 4.78 is 38.4. The Balaban J connectivity index is 1.65. The van der Waals surface area contributed by atoms with E-state index in [1.165, 1.54) is 24.3 Å². The number of alkyl halides is 3. The van der Waals surface area contributed by atoms with Crippen molar-refractivity contribution in [2.45, 2.75) is 25.4 Å². The molecule has 0 radical (unpaired) electrons. The van der Waals surface area contributed by atoms with Crippen LogP contribution in [0.2, 0.25) is 0 Å². The fourth-order valence-corrected chi connectivity index (χ4v) is 3.03. The first kappa shape index (κ1) is 19.7. The van der Waals surface area contributed by atoms with Gasteiger partial charge in [-0.25, -0.2) is 0 Å². The minimum Gasteiger partial charge on any atom is -0.326 e. The van der Waals surface area contributed by atoms with E-state index in [0.717, 1.165) is 25.0 Å². The van der Waals surface area contributed by atoms with E-state index in [1.807, 2.05) is 6.08 Å². The predicted molar refractivity (Wildman–Crippen MR) is 101 cm³/mol. The summed E-state index contributed by atoms with van der Waals surface area (Å²) in [6.07, 6.45) is 1.89. The number of anilines is 2. The number of rotatable bonds is 5. The van der Waals surface area contributed by atoms with Gasteiger partial charge >= 0.3 is 6.18 Å². The van der Waals surface area contributed by atoms with Crippen LogP contribution in [0.3, 0.4) is 0 Å². The molecule has 28 heavy (non-hydrogen) atoms. The van der Waals surface area contributed by atoms with Gasteiger partial charge in [0, 0.05) is 23.4 Å². The van der Waals surface area contributed by atoms with Crippen LogP contribution < -0.4 is 10.6 Å². The number of hydrogen-bond donors (Lipinski definition) is 2. The third kappa shape index (κ3) is 5.22. The molecule has 146 valence electrons. The predicted octanol–water partition coefficient (Wildman–Crippen LogP) is 5.25. The Kier molecular flexibility index (Phi) is 5.82. The highest BCUT2D eigenvalue weighted by Gasteiger charge is 2.30. The smallest absolute Gasteiger partial charge is 0.326 e. The SMILES string of the molecule is O=C(CC1C=CCC1)Nc1cccc(C(=O)Nc2cccc(C(F)(F)F)c2)c1. The van der Waals surface area contributed by atoms with Gasteiger partial charge in [0.25, 0.3) is 5.91 Å². The van der Waals surface area contributed by atoms with Crippen LogP contribution in [0.5, 0.6) is 0 Å². The Morgan fingerprint density at radius 2 is 1.71 bits per heavy atom. The molecule has 1 aliphatic rings. The van der Waals surface area contributed by atoms with Crippen molar-refractivity contribution in [2.24, 2.45) is 5.92 Å². The molecule has 0 bridgehead atoms. The molecule has 0 heterocycles. The summed E-state index contributed by atoms with van der Waals surface area (Å²) in [6, 6.07) is 10.7. The molecule has 0 fully saturated rings. The first-order valence-corrected chi connectivity index (χ1v) is 8.86. The Bertz CT molecular complexity index is 907. The molecule has 1 aliphatic carbocycles. The van der Waals surface area contributed by atoms with Crippen molar-refractivity contribution in [1.29, 1.82) is 0 Å². The van der Waals surface area contributed by atoms with Crippen LogP contribution in [-0.4, -0.2) is 11.8 Å². The second-order valence-corrected chi connectivity index (χ2v) is 6.63. The van der Waals surface area contributed by atoms with Crippen LogP contribution in [0.1, 0.15) is 35.2 Å². The van der Waals surface area contributed by atoms with Gasteiger partial charge in [-0.2, -0.15) is 13.2 Å². The first-order valence-electron chi connectivity index (χ1n) is 8.86. The maximum atomic E-state index is 12.8. The Labute approximate surface area is 160 Å². The third-order valence-corrected chi connectivity index (χ3v) is 4.42.